The summed E-state index contributed by atoms with van der Waals surface area (Å²) in [6.45, 7) is 6.62. The molecule has 0 spiro atoms. The molecular formula is C13H29Cl2N3O. The van der Waals surface area contributed by atoms with Crippen molar-refractivity contribution in [2.24, 2.45) is 5.73 Å². The van der Waals surface area contributed by atoms with E-state index in [1.165, 1.54) is 51.9 Å². The Balaban J connectivity index is 0.00000162. The molecule has 0 amide bonds. The Morgan fingerprint density at radius 1 is 1.11 bits per heavy atom. The fourth-order valence-corrected chi connectivity index (χ4v) is 2.78. The highest BCUT2D eigenvalue weighted by Crippen LogP contribution is 2.13. The highest BCUT2D eigenvalue weighted by Gasteiger charge is 2.20. The van der Waals surface area contributed by atoms with Crippen LogP contribution in [0.5, 0.6) is 0 Å². The number of likely N-dealkylation sites (tertiary alicyclic amines) is 1. The van der Waals surface area contributed by atoms with Crippen LogP contribution in [0.15, 0.2) is 0 Å². The normalized spacial score (nSPS) is 22.9. The van der Waals surface area contributed by atoms with Crippen LogP contribution in [0.4, 0.5) is 0 Å². The molecule has 19 heavy (non-hydrogen) atoms. The zero-order chi connectivity index (χ0) is 12.1. The van der Waals surface area contributed by atoms with Crippen LogP contribution in [0, 0.1) is 0 Å². The second-order valence-corrected chi connectivity index (χ2v) is 5.50. The van der Waals surface area contributed by atoms with Crippen molar-refractivity contribution < 1.29 is 4.74 Å². The molecule has 2 rings (SSSR count). The molecule has 0 aromatic carbocycles. The van der Waals surface area contributed by atoms with Crippen molar-refractivity contribution in [1.82, 2.24) is 9.80 Å². The Morgan fingerprint density at radius 3 is 2.26 bits per heavy atom. The van der Waals surface area contributed by atoms with Gasteiger partial charge in [0.25, 0.3) is 0 Å². The Labute approximate surface area is 129 Å². The van der Waals surface area contributed by atoms with E-state index in [0.29, 0.717) is 6.04 Å². The lowest BCUT2D eigenvalue weighted by atomic mass is 10.1. The monoisotopic (exact) mass is 313 g/mol. The maximum Gasteiger partial charge on any atom is 0.0480 e. The topological polar surface area (TPSA) is 41.7 Å². The summed E-state index contributed by atoms with van der Waals surface area (Å²) < 4.78 is 5.41. The summed E-state index contributed by atoms with van der Waals surface area (Å²) in [5.41, 5.74) is 5.92. The molecule has 0 unspecified atom stereocenters. The van der Waals surface area contributed by atoms with Crippen LogP contribution < -0.4 is 5.73 Å². The molecule has 0 aromatic heterocycles. The van der Waals surface area contributed by atoms with Crippen molar-refractivity contribution in [3.05, 3.63) is 0 Å². The lowest BCUT2D eigenvalue weighted by Crippen LogP contribution is -2.45. The Bertz CT molecular complexity index is 220. The average Bonchev–Trinajstić information content (AvgIpc) is 2.39. The Kier molecular flexibility index (Phi) is 10.4. The Morgan fingerprint density at radius 2 is 1.68 bits per heavy atom. The van der Waals surface area contributed by atoms with E-state index >= 15 is 0 Å². The molecule has 0 aliphatic carbocycles. The van der Waals surface area contributed by atoms with Crippen molar-refractivity contribution in [2.75, 3.05) is 46.4 Å². The highest BCUT2D eigenvalue weighted by molar-refractivity contribution is 5.85. The predicted octanol–water partition coefficient (Wildman–Crippen LogP) is 1.36. The van der Waals surface area contributed by atoms with Gasteiger partial charge in [0.15, 0.2) is 0 Å². The minimum Gasteiger partial charge on any atom is -0.381 e. The van der Waals surface area contributed by atoms with Crippen LogP contribution >= 0.6 is 24.8 Å². The van der Waals surface area contributed by atoms with Crippen LogP contribution in [0.2, 0.25) is 0 Å². The molecule has 4 nitrogen and oxygen atoms in total. The second-order valence-electron chi connectivity index (χ2n) is 5.50. The van der Waals surface area contributed by atoms with Gasteiger partial charge < -0.3 is 20.3 Å². The Hall–Kier alpha value is 0.420. The lowest BCUT2D eigenvalue weighted by Gasteiger charge is -2.35. The highest BCUT2D eigenvalue weighted by atomic mass is 35.5. The van der Waals surface area contributed by atoms with Crippen molar-refractivity contribution >= 4 is 24.8 Å². The number of hydrogen-bond donors (Lipinski definition) is 1. The van der Waals surface area contributed by atoms with Crippen molar-refractivity contribution in [3.63, 3.8) is 0 Å². The van der Waals surface area contributed by atoms with Crippen molar-refractivity contribution in [1.29, 1.82) is 0 Å². The molecule has 6 heteroatoms. The van der Waals surface area contributed by atoms with E-state index in [4.69, 9.17) is 10.5 Å². The summed E-state index contributed by atoms with van der Waals surface area (Å²) >= 11 is 0. The van der Waals surface area contributed by atoms with E-state index in [0.717, 1.165) is 19.3 Å². The van der Waals surface area contributed by atoms with Gasteiger partial charge in [0.05, 0.1) is 0 Å². The molecule has 2 heterocycles. The van der Waals surface area contributed by atoms with Crippen molar-refractivity contribution in [3.8, 4) is 0 Å². The van der Waals surface area contributed by atoms with Crippen LogP contribution in [-0.2, 0) is 4.74 Å². The summed E-state index contributed by atoms with van der Waals surface area (Å²) in [5.74, 6) is 0. The number of piperidine rings is 1. The number of nitrogens with zero attached hydrogens (tertiary/aromatic N) is 2. The molecule has 2 fully saturated rings. The average molecular weight is 314 g/mol. The fraction of sp³-hybridized carbons (Fsp3) is 1.00. The van der Waals surface area contributed by atoms with Gasteiger partial charge in [-0.3, -0.25) is 0 Å². The van der Waals surface area contributed by atoms with Gasteiger partial charge in [0.1, 0.15) is 0 Å². The first-order valence-electron chi connectivity index (χ1n) is 7.01. The summed E-state index contributed by atoms with van der Waals surface area (Å²) in [4.78, 5) is 5.07. The number of rotatable bonds is 4. The van der Waals surface area contributed by atoms with Crippen LogP contribution in [0.25, 0.3) is 0 Å². The number of ether oxygens (including phenoxy) is 1. The van der Waals surface area contributed by atoms with Gasteiger partial charge in [-0.25, -0.2) is 0 Å². The van der Waals surface area contributed by atoms with E-state index in [1.54, 1.807) is 0 Å². The number of hydrogen-bond acceptors (Lipinski definition) is 4. The third kappa shape index (κ3) is 6.61. The molecule has 116 valence electrons. The molecule has 2 aliphatic heterocycles. The largest absolute Gasteiger partial charge is 0.381 e. The zero-order valence-electron chi connectivity index (χ0n) is 11.9. The van der Waals surface area contributed by atoms with Gasteiger partial charge in [0, 0.05) is 38.4 Å². The molecule has 2 N–H and O–H groups in total. The summed E-state index contributed by atoms with van der Waals surface area (Å²) in [6.07, 6.45) is 4.73. The summed E-state index contributed by atoms with van der Waals surface area (Å²) in [6, 6.07) is 1.18. The standard InChI is InChI=1S/C13H27N3O.2ClH/c1-15(13-4-10-17-11-5-13)8-9-16-6-2-12(14)3-7-16;;/h12-13H,2-11,14H2,1H3;2*1H. The smallest absolute Gasteiger partial charge is 0.0480 e. The minimum absolute atomic E-state index is 0. The minimum atomic E-state index is 0. The third-order valence-electron chi connectivity index (χ3n) is 4.22. The lowest BCUT2D eigenvalue weighted by molar-refractivity contribution is 0.0391. The van der Waals surface area contributed by atoms with Crippen LogP contribution in [-0.4, -0.2) is 68.3 Å². The van der Waals surface area contributed by atoms with Crippen LogP contribution in [0.1, 0.15) is 25.7 Å². The van der Waals surface area contributed by atoms with E-state index in [2.05, 4.69) is 16.8 Å². The molecule has 2 aliphatic rings. The van der Waals surface area contributed by atoms with Crippen molar-refractivity contribution in [2.45, 2.75) is 37.8 Å². The molecule has 0 saturated carbocycles. The van der Waals surface area contributed by atoms with Crippen LogP contribution in [0.3, 0.4) is 0 Å². The SMILES string of the molecule is CN(CCN1CCC(N)CC1)C1CCOCC1.Cl.Cl. The van der Waals surface area contributed by atoms with Gasteiger partial charge in [-0.15, -0.1) is 24.8 Å². The first-order chi connectivity index (χ1) is 8.25. The maximum atomic E-state index is 5.92. The predicted molar refractivity (Wildman–Crippen MR) is 84.6 cm³/mol. The maximum absolute atomic E-state index is 5.92. The summed E-state index contributed by atoms with van der Waals surface area (Å²) in [7, 11) is 2.26. The van der Waals surface area contributed by atoms with Gasteiger partial charge in [-0.1, -0.05) is 0 Å². The molecule has 0 radical (unpaired) electrons. The van der Waals surface area contributed by atoms with Gasteiger partial charge in [-0.05, 0) is 45.8 Å². The van der Waals surface area contributed by atoms with E-state index in [1.807, 2.05) is 0 Å². The number of nitrogens with two attached hydrogens (primary N) is 1. The first-order valence-corrected chi connectivity index (χ1v) is 7.01. The molecule has 2 saturated heterocycles. The zero-order valence-corrected chi connectivity index (χ0v) is 13.6. The third-order valence-corrected chi connectivity index (χ3v) is 4.22. The summed E-state index contributed by atoms with van der Waals surface area (Å²) in [5, 5.41) is 0. The number of likely N-dealkylation sites (N-methyl/N-ethyl adjacent to an activating group) is 1. The molecule has 0 atom stereocenters. The quantitative estimate of drug-likeness (QED) is 0.851. The van der Waals surface area contributed by atoms with E-state index < -0.39 is 0 Å². The van der Waals surface area contributed by atoms with E-state index in [-0.39, 0.29) is 24.8 Å². The second kappa shape index (κ2) is 10.2. The molecule has 0 aromatic rings. The van der Waals surface area contributed by atoms with E-state index in [9.17, 15) is 0 Å². The van der Waals surface area contributed by atoms with Gasteiger partial charge >= 0.3 is 0 Å². The van der Waals surface area contributed by atoms with Gasteiger partial charge in [0.2, 0.25) is 0 Å². The first kappa shape index (κ1) is 19.4. The fourth-order valence-electron chi connectivity index (χ4n) is 2.78. The number of halogens is 2. The van der Waals surface area contributed by atoms with Gasteiger partial charge in [-0.2, -0.15) is 0 Å². The molecular weight excluding hydrogens is 285 g/mol. The molecule has 0 bridgehead atoms.